The van der Waals surface area contributed by atoms with Crippen LogP contribution in [0, 0.1) is 11.8 Å². The van der Waals surface area contributed by atoms with Crippen LogP contribution in [0.3, 0.4) is 0 Å². The van der Waals surface area contributed by atoms with E-state index in [1.807, 2.05) is 0 Å². The molecule has 0 aliphatic rings. The normalized spacial score (nSPS) is 11.0. The molecule has 1 N–H and O–H groups in total. The number of halogens is 3. The maximum Gasteiger partial charge on any atom is 0.457 e. The summed E-state index contributed by atoms with van der Waals surface area (Å²) in [5, 5.41) is 8.52. The van der Waals surface area contributed by atoms with Gasteiger partial charge in [0.05, 0.1) is 0 Å². The van der Waals surface area contributed by atoms with E-state index in [4.69, 9.17) is 5.11 Å². The minimum Gasteiger partial charge on any atom is -0.396 e. The van der Waals surface area contributed by atoms with Gasteiger partial charge < -0.3 is 5.11 Å². The average Bonchev–Trinajstić information content (AvgIpc) is 2.19. The largest absolute Gasteiger partial charge is 0.457 e. The van der Waals surface area contributed by atoms with Gasteiger partial charge in [0, 0.05) is 18.9 Å². The Morgan fingerprint density at radius 2 is 1.31 bits per heavy atom. The summed E-state index contributed by atoms with van der Waals surface area (Å²) in [6.07, 6.45) is 2.76. The topological polar surface area (TPSA) is 20.2 Å². The van der Waals surface area contributed by atoms with Crippen LogP contribution in [0.2, 0.25) is 0 Å². The summed E-state index contributed by atoms with van der Waals surface area (Å²) in [4.78, 5) is 0. The molecule has 0 saturated carbocycles. The highest BCUT2D eigenvalue weighted by Gasteiger charge is 2.22. The second-order valence-corrected chi connectivity index (χ2v) is 3.75. The van der Waals surface area contributed by atoms with Gasteiger partial charge in [-0.2, -0.15) is 13.2 Å². The molecule has 0 atom stereocenters. The molecule has 0 aromatic rings. The molecule has 0 bridgehead atoms. The number of hydrogen-bond acceptors (Lipinski definition) is 1. The number of unbranched alkanes of at least 4 members (excludes halogenated alkanes) is 7. The lowest BCUT2D eigenvalue weighted by Gasteiger charge is -1.99. The van der Waals surface area contributed by atoms with Crippen LogP contribution in [0.1, 0.15) is 51.4 Å². The quantitative estimate of drug-likeness (QED) is 0.503. The van der Waals surface area contributed by atoms with Gasteiger partial charge in [-0.3, -0.25) is 0 Å². The Morgan fingerprint density at radius 3 is 1.81 bits per heavy atom. The molecule has 0 aliphatic carbocycles. The lowest BCUT2D eigenvalue weighted by molar-refractivity contribution is -0.0697. The smallest absolute Gasteiger partial charge is 0.396 e. The summed E-state index contributed by atoms with van der Waals surface area (Å²) < 4.78 is 34.8. The number of alkyl halides is 3. The van der Waals surface area contributed by atoms with Crippen molar-refractivity contribution in [1.29, 1.82) is 0 Å². The van der Waals surface area contributed by atoms with Crippen LogP contribution in [0.5, 0.6) is 0 Å². The molecule has 0 amide bonds. The Hall–Kier alpha value is -0.690. The summed E-state index contributed by atoms with van der Waals surface area (Å²) in [5.41, 5.74) is 0. The van der Waals surface area contributed by atoms with E-state index < -0.39 is 6.18 Å². The summed E-state index contributed by atoms with van der Waals surface area (Å²) in [6.45, 7) is 0.243. The summed E-state index contributed by atoms with van der Waals surface area (Å²) in [5.74, 6) is 3.39. The van der Waals surface area contributed by atoms with Crippen molar-refractivity contribution in [3.05, 3.63) is 0 Å². The minimum absolute atomic E-state index is 0.243. The molecule has 0 saturated heterocycles. The van der Waals surface area contributed by atoms with E-state index in [-0.39, 0.29) is 6.61 Å². The predicted octanol–water partition coefficient (Wildman–Crippen LogP) is 3.67. The Bertz CT molecular complexity index is 213. The Balaban J connectivity index is 3.18. The van der Waals surface area contributed by atoms with Crippen molar-refractivity contribution in [2.45, 2.75) is 57.5 Å². The fourth-order valence-electron chi connectivity index (χ4n) is 1.37. The van der Waals surface area contributed by atoms with E-state index in [9.17, 15) is 13.2 Å². The molecule has 1 nitrogen and oxygen atoms in total. The molecular weight excluding hydrogens is 217 g/mol. The lowest BCUT2D eigenvalue weighted by Crippen LogP contribution is -2.01. The first-order valence-electron chi connectivity index (χ1n) is 5.74. The third-order valence-corrected chi connectivity index (χ3v) is 2.19. The van der Waals surface area contributed by atoms with Crippen molar-refractivity contribution >= 4 is 0 Å². The van der Waals surface area contributed by atoms with E-state index in [1.54, 1.807) is 0 Å². The molecule has 0 heterocycles. The zero-order valence-electron chi connectivity index (χ0n) is 9.45. The van der Waals surface area contributed by atoms with Crippen LogP contribution in [-0.4, -0.2) is 17.9 Å². The third kappa shape index (κ3) is 13.3. The van der Waals surface area contributed by atoms with Crippen LogP contribution in [0.15, 0.2) is 0 Å². The van der Waals surface area contributed by atoms with E-state index >= 15 is 0 Å². The third-order valence-electron chi connectivity index (χ3n) is 2.19. The van der Waals surface area contributed by atoms with Crippen LogP contribution in [0.25, 0.3) is 0 Å². The lowest BCUT2D eigenvalue weighted by atomic mass is 10.1. The van der Waals surface area contributed by atoms with Crippen molar-refractivity contribution in [1.82, 2.24) is 0 Å². The molecule has 16 heavy (non-hydrogen) atoms. The van der Waals surface area contributed by atoms with Gasteiger partial charge in [0.2, 0.25) is 0 Å². The monoisotopic (exact) mass is 236 g/mol. The molecule has 0 spiro atoms. The molecule has 0 fully saturated rings. The minimum atomic E-state index is -4.34. The fraction of sp³-hybridized carbons (Fsp3) is 0.833. The molecule has 0 radical (unpaired) electrons. The standard InChI is InChI=1S/C12H19F3O/c13-12(14,15)10-8-6-4-2-1-3-5-7-9-11-16/h16H,1-7,9,11H2. The summed E-state index contributed by atoms with van der Waals surface area (Å²) in [7, 11) is 0. The van der Waals surface area contributed by atoms with Gasteiger partial charge in [-0.1, -0.05) is 38.0 Å². The van der Waals surface area contributed by atoms with Crippen molar-refractivity contribution in [3.63, 3.8) is 0 Å². The van der Waals surface area contributed by atoms with Crippen LogP contribution >= 0.6 is 0 Å². The Morgan fingerprint density at radius 1 is 0.812 bits per heavy atom. The zero-order valence-corrected chi connectivity index (χ0v) is 9.45. The first-order valence-corrected chi connectivity index (χ1v) is 5.74. The highest BCUT2D eigenvalue weighted by atomic mass is 19.4. The molecule has 0 unspecified atom stereocenters. The van der Waals surface area contributed by atoms with Gasteiger partial charge in [0.1, 0.15) is 0 Å². The first kappa shape index (κ1) is 15.3. The van der Waals surface area contributed by atoms with Gasteiger partial charge in [0.25, 0.3) is 0 Å². The molecule has 0 aliphatic heterocycles. The predicted molar refractivity (Wildman–Crippen MR) is 57.9 cm³/mol. The van der Waals surface area contributed by atoms with E-state index in [2.05, 4.69) is 5.92 Å². The van der Waals surface area contributed by atoms with Gasteiger partial charge in [0.15, 0.2) is 0 Å². The van der Waals surface area contributed by atoms with Crippen LogP contribution < -0.4 is 0 Å². The SMILES string of the molecule is OCCCCCCCCCC#CC(F)(F)F. The molecular formula is C12H19F3O. The van der Waals surface area contributed by atoms with Crippen LogP contribution in [0.4, 0.5) is 13.2 Å². The molecule has 94 valence electrons. The number of aliphatic hydroxyl groups excluding tert-OH is 1. The number of hydrogen-bond donors (Lipinski definition) is 1. The van der Waals surface area contributed by atoms with E-state index in [0.29, 0.717) is 6.42 Å². The molecule has 4 heteroatoms. The zero-order chi connectivity index (χ0) is 12.3. The Labute approximate surface area is 95.0 Å². The highest BCUT2D eigenvalue weighted by molar-refractivity contribution is 5.04. The van der Waals surface area contributed by atoms with Crippen molar-refractivity contribution in [2.24, 2.45) is 0 Å². The van der Waals surface area contributed by atoms with Gasteiger partial charge in [-0.25, -0.2) is 0 Å². The van der Waals surface area contributed by atoms with Gasteiger partial charge in [-0.05, 0) is 12.8 Å². The number of aliphatic hydroxyl groups is 1. The summed E-state index contributed by atoms with van der Waals surface area (Å²) >= 11 is 0. The maximum absolute atomic E-state index is 11.6. The molecule has 0 aromatic heterocycles. The molecule has 0 rings (SSSR count). The summed E-state index contributed by atoms with van der Waals surface area (Å²) in [6, 6.07) is 0. The van der Waals surface area contributed by atoms with Crippen molar-refractivity contribution in [3.8, 4) is 11.8 Å². The second kappa shape index (κ2) is 9.53. The Kier molecular flexibility index (Phi) is 9.12. The molecule has 0 aromatic carbocycles. The average molecular weight is 236 g/mol. The van der Waals surface area contributed by atoms with Crippen LogP contribution in [-0.2, 0) is 0 Å². The highest BCUT2D eigenvalue weighted by Crippen LogP contribution is 2.12. The van der Waals surface area contributed by atoms with E-state index in [1.165, 1.54) is 5.92 Å². The fourth-order valence-corrected chi connectivity index (χ4v) is 1.37. The van der Waals surface area contributed by atoms with E-state index in [0.717, 1.165) is 44.9 Å². The number of rotatable bonds is 8. The first-order chi connectivity index (χ1) is 7.56. The second-order valence-electron chi connectivity index (χ2n) is 3.75. The van der Waals surface area contributed by atoms with Gasteiger partial charge >= 0.3 is 6.18 Å². The van der Waals surface area contributed by atoms with Crippen molar-refractivity contribution < 1.29 is 18.3 Å². The van der Waals surface area contributed by atoms with Gasteiger partial charge in [-0.15, -0.1) is 0 Å². The maximum atomic E-state index is 11.6. The van der Waals surface area contributed by atoms with Crippen molar-refractivity contribution in [2.75, 3.05) is 6.61 Å².